The second-order valence-electron chi connectivity index (χ2n) is 5.98. The summed E-state index contributed by atoms with van der Waals surface area (Å²) in [4.78, 5) is 5.87. The number of hydrogen-bond donors (Lipinski definition) is 1. The maximum atomic E-state index is 14.1. The molecule has 3 heterocycles. The number of nitrogens with zero attached hydrogens (tertiary/aromatic N) is 3. The second-order valence-corrected chi connectivity index (χ2v) is 7.03. The standard InChI is InChI=1S/C20H16FN3O2S/c1-26-17-3-2-13(10-15(17)21)19(25)14-11-18(12-4-7-22-8-5-12)27-20(14)16-6-9-23-24-16/h2-5,7-11,19,25H,6H2,1H3. The molecule has 0 bridgehead atoms. The van der Waals surface area contributed by atoms with E-state index in [1.54, 1.807) is 24.7 Å². The van der Waals surface area contributed by atoms with E-state index in [0.717, 1.165) is 21.0 Å². The minimum Gasteiger partial charge on any atom is -0.494 e. The molecule has 5 nitrogen and oxygen atoms in total. The Hall–Kier alpha value is -2.90. The van der Waals surface area contributed by atoms with Crippen molar-refractivity contribution >= 4 is 23.3 Å². The summed E-state index contributed by atoms with van der Waals surface area (Å²) < 4.78 is 19.1. The molecule has 136 valence electrons. The molecule has 1 N–H and O–H groups in total. The number of thiophene rings is 1. The molecule has 0 saturated carbocycles. The number of rotatable bonds is 5. The van der Waals surface area contributed by atoms with Crippen LogP contribution in [0.4, 0.5) is 4.39 Å². The number of aromatic nitrogens is 1. The van der Waals surface area contributed by atoms with Gasteiger partial charge in [-0.2, -0.15) is 10.2 Å². The molecule has 0 radical (unpaired) electrons. The normalized spacial score (nSPS) is 14.3. The van der Waals surface area contributed by atoms with Gasteiger partial charge in [0.1, 0.15) is 6.10 Å². The third-order valence-electron chi connectivity index (χ3n) is 4.32. The van der Waals surface area contributed by atoms with Crippen molar-refractivity contribution in [1.29, 1.82) is 0 Å². The fourth-order valence-electron chi connectivity index (χ4n) is 2.94. The van der Waals surface area contributed by atoms with Crippen molar-refractivity contribution in [3.8, 4) is 16.2 Å². The first-order valence-corrected chi connectivity index (χ1v) is 9.13. The van der Waals surface area contributed by atoms with Crippen LogP contribution in [0, 0.1) is 5.82 Å². The molecule has 3 aromatic rings. The first-order chi connectivity index (χ1) is 13.2. The molecule has 0 amide bonds. The highest BCUT2D eigenvalue weighted by Crippen LogP contribution is 2.38. The van der Waals surface area contributed by atoms with Gasteiger partial charge >= 0.3 is 0 Å². The van der Waals surface area contributed by atoms with Crippen LogP contribution in [0.15, 0.2) is 59.0 Å². The Bertz CT molecular complexity index is 1030. The van der Waals surface area contributed by atoms with Crippen LogP contribution in [-0.2, 0) is 0 Å². The minimum absolute atomic E-state index is 0.141. The summed E-state index contributed by atoms with van der Waals surface area (Å²) >= 11 is 1.53. The summed E-state index contributed by atoms with van der Waals surface area (Å²) in [6.07, 6.45) is 4.78. The van der Waals surface area contributed by atoms with E-state index in [0.29, 0.717) is 17.5 Å². The smallest absolute Gasteiger partial charge is 0.165 e. The van der Waals surface area contributed by atoms with Gasteiger partial charge in [0, 0.05) is 35.5 Å². The van der Waals surface area contributed by atoms with E-state index in [-0.39, 0.29) is 5.75 Å². The highest BCUT2D eigenvalue weighted by molar-refractivity contribution is 7.17. The molecule has 4 rings (SSSR count). The lowest BCUT2D eigenvalue weighted by molar-refractivity contribution is 0.220. The molecule has 1 aliphatic rings. The predicted octanol–water partition coefficient (Wildman–Crippen LogP) is 4.22. The number of hydrogen-bond acceptors (Lipinski definition) is 6. The van der Waals surface area contributed by atoms with Gasteiger partial charge in [-0.1, -0.05) is 6.07 Å². The summed E-state index contributed by atoms with van der Waals surface area (Å²) in [5.74, 6) is -0.371. The van der Waals surface area contributed by atoms with E-state index in [1.165, 1.54) is 30.6 Å². The summed E-state index contributed by atoms with van der Waals surface area (Å²) in [7, 11) is 1.41. The van der Waals surface area contributed by atoms with Crippen LogP contribution >= 0.6 is 11.3 Å². The zero-order valence-corrected chi connectivity index (χ0v) is 15.3. The zero-order valence-electron chi connectivity index (χ0n) is 14.5. The molecule has 0 fully saturated rings. The quantitative estimate of drug-likeness (QED) is 0.720. The number of benzene rings is 1. The lowest BCUT2D eigenvalue weighted by Gasteiger charge is -2.13. The van der Waals surface area contributed by atoms with E-state index < -0.39 is 11.9 Å². The lowest BCUT2D eigenvalue weighted by Crippen LogP contribution is -2.06. The van der Waals surface area contributed by atoms with Gasteiger partial charge in [-0.15, -0.1) is 11.3 Å². The molecular formula is C20H16FN3O2S. The molecule has 0 saturated heterocycles. The Labute approximate surface area is 159 Å². The van der Waals surface area contributed by atoms with E-state index in [4.69, 9.17) is 4.74 Å². The van der Waals surface area contributed by atoms with Gasteiger partial charge < -0.3 is 9.84 Å². The van der Waals surface area contributed by atoms with Crippen LogP contribution in [0.25, 0.3) is 10.4 Å². The molecule has 1 unspecified atom stereocenters. The zero-order chi connectivity index (χ0) is 18.8. The number of aliphatic hydroxyl groups excluding tert-OH is 1. The molecule has 1 aliphatic heterocycles. The van der Waals surface area contributed by atoms with E-state index in [1.807, 2.05) is 18.2 Å². The summed E-state index contributed by atoms with van der Waals surface area (Å²) in [6.45, 7) is 0. The van der Waals surface area contributed by atoms with Crippen LogP contribution in [0.2, 0.25) is 0 Å². The maximum Gasteiger partial charge on any atom is 0.165 e. The average Bonchev–Trinajstić information content (AvgIpc) is 3.37. The minimum atomic E-state index is -0.990. The number of ether oxygens (including phenoxy) is 1. The molecular weight excluding hydrogens is 365 g/mol. The fraction of sp³-hybridized carbons (Fsp3) is 0.150. The van der Waals surface area contributed by atoms with Crippen molar-refractivity contribution in [2.24, 2.45) is 10.2 Å². The van der Waals surface area contributed by atoms with Crippen molar-refractivity contribution < 1.29 is 14.2 Å². The van der Waals surface area contributed by atoms with E-state index >= 15 is 0 Å². The Balaban J connectivity index is 1.78. The highest BCUT2D eigenvalue weighted by Gasteiger charge is 2.24. The summed E-state index contributed by atoms with van der Waals surface area (Å²) in [6, 6.07) is 10.2. The van der Waals surface area contributed by atoms with Gasteiger partial charge in [-0.05, 0) is 41.5 Å². The Morgan fingerprint density at radius 2 is 2.00 bits per heavy atom. The maximum absolute atomic E-state index is 14.1. The first kappa shape index (κ1) is 17.5. The van der Waals surface area contributed by atoms with Gasteiger partial charge in [0.15, 0.2) is 11.6 Å². The van der Waals surface area contributed by atoms with Crippen molar-refractivity contribution in [2.45, 2.75) is 12.5 Å². The number of halogens is 1. The summed E-state index contributed by atoms with van der Waals surface area (Å²) in [5.41, 5.74) is 2.92. The molecule has 7 heteroatoms. The van der Waals surface area contributed by atoms with Gasteiger partial charge in [0.25, 0.3) is 0 Å². The van der Waals surface area contributed by atoms with Crippen LogP contribution < -0.4 is 4.74 Å². The molecule has 0 aliphatic carbocycles. The van der Waals surface area contributed by atoms with Gasteiger partial charge in [0.05, 0.1) is 17.7 Å². The van der Waals surface area contributed by atoms with Crippen LogP contribution in [-0.4, -0.2) is 29.1 Å². The van der Waals surface area contributed by atoms with Gasteiger partial charge in [-0.3, -0.25) is 4.98 Å². The van der Waals surface area contributed by atoms with Crippen LogP contribution in [0.1, 0.15) is 28.5 Å². The third kappa shape index (κ3) is 3.39. The fourth-order valence-corrected chi connectivity index (χ4v) is 4.13. The van der Waals surface area contributed by atoms with E-state index in [9.17, 15) is 9.50 Å². The van der Waals surface area contributed by atoms with E-state index in [2.05, 4.69) is 15.2 Å². The SMILES string of the molecule is COc1ccc(C(O)c2cc(-c3ccncc3)sc2C2=NN=CC2)cc1F. The van der Waals surface area contributed by atoms with Crippen LogP contribution in [0.3, 0.4) is 0 Å². The Kier molecular flexibility index (Phi) is 4.79. The Morgan fingerprint density at radius 3 is 2.67 bits per heavy atom. The molecule has 0 spiro atoms. The van der Waals surface area contributed by atoms with Crippen LogP contribution in [0.5, 0.6) is 5.75 Å². The third-order valence-corrected chi connectivity index (χ3v) is 5.57. The molecule has 2 aromatic heterocycles. The number of methoxy groups -OCH3 is 1. The largest absolute Gasteiger partial charge is 0.494 e. The lowest BCUT2D eigenvalue weighted by atomic mass is 9.99. The second kappa shape index (κ2) is 7.38. The topological polar surface area (TPSA) is 67.1 Å². The van der Waals surface area contributed by atoms with Gasteiger partial charge in [0.2, 0.25) is 0 Å². The Morgan fingerprint density at radius 1 is 1.19 bits per heavy atom. The van der Waals surface area contributed by atoms with Gasteiger partial charge in [-0.25, -0.2) is 4.39 Å². The highest BCUT2D eigenvalue weighted by atomic mass is 32.1. The van der Waals surface area contributed by atoms with Crippen molar-refractivity contribution in [1.82, 2.24) is 4.98 Å². The van der Waals surface area contributed by atoms with Crippen molar-refractivity contribution in [3.05, 3.63) is 70.6 Å². The summed E-state index contributed by atoms with van der Waals surface area (Å²) in [5, 5.41) is 19.1. The first-order valence-electron chi connectivity index (χ1n) is 8.31. The predicted molar refractivity (Wildman–Crippen MR) is 104 cm³/mol. The molecule has 1 atom stereocenters. The molecule has 27 heavy (non-hydrogen) atoms. The number of pyridine rings is 1. The monoisotopic (exact) mass is 381 g/mol. The average molecular weight is 381 g/mol. The molecule has 1 aromatic carbocycles. The van der Waals surface area contributed by atoms with Crippen molar-refractivity contribution in [2.75, 3.05) is 7.11 Å². The number of aliphatic hydroxyl groups is 1. The van der Waals surface area contributed by atoms with Crippen molar-refractivity contribution in [3.63, 3.8) is 0 Å².